The van der Waals surface area contributed by atoms with Crippen molar-refractivity contribution in [1.29, 1.82) is 0 Å². The Labute approximate surface area is 92.6 Å². The minimum atomic E-state index is -0.141. The largest absolute Gasteiger partial charge is 0.325 e. The summed E-state index contributed by atoms with van der Waals surface area (Å²) >= 11 is 0. The Bertz CT molecular complexity index is 225. The smallest absolute Gasteiger partial charge is 0.137 e. The summed E-state index contributed by atoms with van der Waals surface area (Å²) in [7, 11) is 0. The second-order valence-electron chi connectivity index (χ2n) is 5.55. The molecular weight excluding hydrogens is 186 g/mol. The molecule has 0 unspecified atom stereocenters. The fourth-order valence-corrected chi connectivity index (χ4v) is 3.17. The average Bonchev–Trinajstić information content (AvgIpc) is 2.70. The van der Waals surface area contributed by atoms with E-state index in [1.165, 1.54) is 32.1 Å². The summed E-state index contributed by atoms with van der Waals surface area (Å²) in [6, 6.07) is 0. The Morgan fingerprint density at radius 2 is 1.67 bits per heavy atom. The van der Waals surface area contributed by atoms with Gasteiger partial charge in [0.25, 0.3) is 0 Å². The maximum absolute atomic E-state index is 12.0. The monoisotopic (exact) mass is 209 g/mol. The summed E-state index contributed by atoms with van der Waals surface area (Å²) in [5.41, 5.74) is 6.17. The van der Waals surface area contributed by atoms with Gasteiger partial charge in [0.1, 0.15) is 5.78 Å². The van der Waals surface area contributed by atoms with Crippen LogP contribution < -0.4 is 5.73 Å². The van der Waals surface area contributed by atoms with Gasteiger partial charge in [-0.1, -0.05) is 32.1 Å². The number of hydrogen-bond donors (Lipinski definition) is 1. The first kappa shape index (κ1) is 11.1. The normalized spacial score (nSPS) is 26.7. The fraction of sp³-hybridized carbons (Fsp3) is 0.923. The number of carbonyl (C=O) groups is 1. The van der Waals surface area contributed by atoms with Crippen molar-refractivity contribution in [3.05, 3.63) is 0 Å². The maximum Gasteiger partial charge on any atom is 0.137 e. The number of nitrogens with two attached hydrogens (primary N) is 1. The number of Topliss-reactive ketones (excluding diaryl/α,β-unsaturated/α-hetero) is 1. The van der Waals surface area contributed by atoms with E-state index in [9.17, 15) is 4.79 Å². The standard InChI is InChI=1S/C13H23NO/c14-13(8-4-1-5-9-13)10-12(15)11-6-2-3-7-11/h11H,1-10,14H2. The van der Waals surface area contributed by atoms with E-state index in [-0.39, 0.29) is 5.54 Å². The van der Waals surface area contributed by atoms with Crippen molar-refractivity contribution in [2.24, 2.45) is 11.7 Å². The SMILES string of the molecule is NC1(CC(=O)C2CCCC2)CCCCC1. The molecule has 0 aromatic rings. The number of carbonyl (C=O) groups excluding carboxylic acids is 1. The van der Waals surface area contributed by atoms with Crippen molar-refractivity contribution in [2.75, 3.05) is 0 Å². The molecule has 15 heavy (non-hydrogen) atoms. The average molecular weight is 209 g/mol. The number of hydrogen-bond acceptors (Lipinski definition) is 2. The van der Waals surface area contributed by atoms with E-state index in [2.05, 4.69) is 0 Å². The first-order chi connectivity index (χ1) is 7.20. The van der Waals surface area contributed by atoms with Crippen LogP contribution in [0.2, 0.25) is 0 Å². The Kier molecular flexibility index (Phi) is 3.45. The fourth-order valence-electron chi connectivity index (χ4n) is 3.17. The maximum atomic E-state index is 12.0. The first-order valence-electron chi connectivity index (χ1n) is 6.51. The molecule has 2 N–H and O–H groups in total. The lowest BCUT2D eigenvalue weighted by atomic mass is 9.77. The summed E-state index contributed by atoms with van der Waals surface area (Å²) in [6.07, 6.45) is 11.2. The van der Waals surface area contributed by atoms with Crippen LogP contribution in [0.1, 0.15) is 64.2 Å². The molecule has 2 aliphatic rings. The highest BCUT2D eigenvalue weighted by Gasteiger charge is 2.33. The van der Waals surface area contributed by atoms with Gasteiger partial charge < -0.3 is 5.73 Å². The molecule has 0 aromatic heterocycles. The molecule has 0 amide bonds. The molecule has 0 saturated heterocycles. The molecule has 0 heterocycles. The van der Waals surface area contributed by atoms with Crippen LogP contribution in [0.25, 0.3) is 0 Å². The molecule has 0 atom stereocenters. The van der Waals surface area contributed by atoms with Crippen LogP contribution in [0.15, 0.2) is 0 Å². The highest BCUT2D eigenvalue weighted by molar-refractivity contribution is 5.82. The lowest BCUT2D eigenvalue weighted by Gasteiger charge is -2.33. The van der Waals surface area contributed by atoms with E-state index in [4.69, 9.17) is 5.73 Å². The van der Waals surface area contributed by atoms with Gasteiger partial charge in [0.15, 0.2) is 0 Å². The van der Waals surface area contributed by atoms with Gasteiger partial charge in [-0.2, -0.15) is 0 Å². The molecule has 0 aliphatic heterocycles. The predicted octanol–water partition coefficient (Wildman–Crippen LogP) is 2.80. The first-order valence-corrected chi connectivity index (χ1v) is 6.51. The Morgan fingerprint density at radius 1 is 1.07 bits per heavy atom. The molecule has 0 spiro atoms. The zero-order valence-corrected chi connectivity index (χ0v) is 9.63. The van der Waals surface area contributed by atoms with Crippen LogP contribution in [-0.2, 0) is 4.79 Å². The van der Waals surface area contributed by atoms with Crippen LogP contribution in [-0.4, -0.2) is 11.3 Å². The Balaban J connectivity index is 1.86. The Morgan fingerprint density at radius 3 is 2.27 bits per heavy atom. The van der Waals surface area contributed by atoms with Crippen LogP contribution >= 0.6 is 0 Å². The van der Waals surface area contributed by atoms with Crippen LogP contribution in [0.5, 0.6) is 0 Å². The number of rotatable bonds is 3. The molecule has 2 saturated carbocycles. The summed E-state index contributed by atoms with van der Waals surface area (Å²) in [5.74, 6) is 0.809. The summed E-state index contributed by atoms with van der Waals surface area (Å²) in [6.45, 7) is 0. The van der Waals surface area contributed by atoms with Crippen LogP contribution in [0.3, 0.4) is 0 Å². The van der Waals surface area contributed by atoms with E-state index < -0.39 is 0 Å². The van der Waals surface area contributed by atoms with Gasteiger partial charge in [-0.15, -0.1) is 0 Å². The third kappa shape index (κ3) is 2.81. The molecular formula is C13H23NO. The van der Waals surface area contributed by atoms with Gasteiger partial charge in [-0.3, -0.25) is 4.79 Å². The lowest BCUT2D eigenvalue weighted by molar-refractivity contribution is -0.124. The highest BCUT2D eigenvalue weighted by atomic mass is 16.1. The van der Waals surface area contributed by atoms with Gasteiger partial charge >= 0.3 is 0 Å². The quantitative estimate of drug-likeness (QED) is 0.776. The highest BCUT2D eigenvalue weighted by Crippen LogP contribution is 2.33. The van der Waals surface area contributed by atoms with Crippen molar-refractivity contribution in [3.63, 3.8) is 0 Å². The van der Waals surface area contributed by atoms with Gasteiger partial charge in [-0.05, 0) is 25.7 Å². The molecule has 2 nitrogen and oxygen atoms in total. The molecule has 0 bridgehead atoms. The zero-order valence-electron chi connectivity index (χ0n) is 9.63. The minimum Gasteiger partial charge on any atom is -0.325 e. The molecule has 2 rings (SSSR count). The minimum absolute atomic E-state index is 0.141. The summed E-state index contributed by atoms with van der Waals surface area (Å²) < 4.78 is 0. The van der Waals surface area contributed by atoms with Crippen molar-refractivity contribution in [3.8, 4) is 0 Å². The van der Waals surface area contributed by atoms with E-state index >= 15 is 0 Å². The van der Waals surface area contributed by atoms with E-state index in [1.54, 1.807) is 0 Å². The third-order valence-corrected chi connectivity index (χ3v) is 4.19. The Hall–Kier alpha value is -0.370. The van der Waals surface area contributed by atoms with Gasteiger partial charge in [0.2, 0.25) is 0 Å². The molecule has 0 radical (unpaired) electrons. The molecule has 0 aromatic carbocycles. The molecule has 2 aliphatic carbocycles. The lowest BCUT2D eigenvalue weighted by Crippen LogP contribution is -2.44. The molecule has 2 fully saturated rings. The zero-order chi connectivity index (χ0) is 10.7. The van der Waals surface area contributed by atoms with Crippen molar-refractivity contribution < 1.29 is 4.79 Å². The third-order valence-electron chi connectivity index (χ3n) is 4.19. The summed E-state index contributed by atoms with van der Waals surface area (Å²) in [4.78, 5) is 12.0. The van der Waals surface area contributed by atoms with Crippen molar-refractivity contribution >= 4 is 5.78 Å². The van der Waals surface area contributed by atoms with E-state index in [1.807, 2.05) is 0 Å². The van der Waals surface area contributed by atoms with E-state index in [0.29, 0.717) is 18.1 Å². The second kappa shape index (κ2) is 4.65. The van der Waals surface area contributed by atoms with Crippen LogP contribution in [0.4, 0.5) is 0 Å². The van der Waals surface area contributed by atoms with E-state index in [0.717, 1.165) is 25.7 Å². The number of ketones is 1. The van der Waals surface area contributed by atoms with Crippen molar-refractivity contribution in [1.82, 2.24) is 0 Å². The van der Waals surface area contributed by atoms with Crippen LogP contribution in [0, 0.1) is 5.92 Å². The van der Waals surface area contributed by atoms with Gasteiger partial charge in [0, 0.05) is 17.9 Å². The van der Waals surface area contributed by atoms with Gasteiger partial charge in [0.05, 0.1) is 0 Å². The van der Waals surface area contributed by atoms with Crippen molar-refractivity contribution in [2.45, 2.75) is 69.7 Å². The topological polar surface area (TPSA) is 43.1 Å². The molecule has 2 heteroatoms. The van der Waals surface area contributed by atoms with Gasteiger partial charge in [-0.25, -0.2) is 0 Å². The molecule has 86 valence electrons. The predicted molar refractivity (Wildman–Crippen MR) is 61.6 cm³/mol. The second-order valence-corrected chi connectivity index (χ2v) is 5.55. The summed E-state index contributed by atoms with van der Waals surface area (Å²) in [5, 5.41) is 0.